The molecule has 1 atom stereocenters. The molecular formula is C15H21FN2O2. The molecule has 5 heteroatoms. The van der Waals surface area contributed by atoms with Crippen LogP contribution in [0.4, 0.5) is 4.39 Å². The van der Waals surface area contributed by atoms with Gasteiger partial charge in [-0.15, -0.1) is 0 Å². The van der Waals surface area contributed by atoms with E-state index in [9.17, 15) is 9.18 Å². The molecule has 0 bridgehead atoms. The Morgan fingerprint density at radius 3 is 3.05 bits per heavy atom. The van der Waals surface area contributed by atoms with Crippen LogP contribution in [-0.2, 0) is 11.2 Å². The molecule has 110 valence electrons. The third-order valence-electron chi connectivity index (χ3n) is 3.11. The van der Waals surface area contributed by atoms with E-state index in [1.54, 1.807) is 6.07 Å². The number of fused-ring (bicyclic) bond motifs is 1. The molecule has 1 unspecified atom stereocenters. The number of ether oxygens (including phenoxy) is 1. The number of hydrogen-bond donors (Lipinski definition) is 2. The van der Waals surface area contributed by atoms with Crippen molar-refractivity contribution in [1.29, 1.82) is 0 Å². The van der Waals surface area contributed by atoms with Gasteiger partial charge in [-0.1, -0.05) is 0 Å². The van der Waals surface area contributed by atoms with Crippen LogP contribution < -0.4 is 15.4 Å². The molecule has 0 saturated carbocycles. The Hall–Kier alpha value is -1.62. The first kappa shape index (κ1) is 14.8. The lowest BCUT2D eigenvalue weighted by atomic mass is 10.1. The molecule has 0 saturated heterocycles. The number of carbonyl (C=O) groups excluding carboxylic acids is 1. The molecule has 0 radical (unpaired) electrons. The minimum Gasteiger partial charge on any atom is -0.488 e. The molecule has 1 aromatic carbocycles. The van der Waals surface area contributed by atoms with E-state index in [4.69, 9.17) is 4.74 Å². The number of nitrogens with one attached hydrogen (secondary N) is 2. The Kier molecular flexibility index (Phi) is 4.95. The maximum atomic E-state index is 13.1. The van der Waals surface area contributed by atoms with Crippen LogP contribution in [0, 0.1) is 5.82 Å². The van der Waals surface area contributed by atoms with Crippen LogP contribution in [0.25, 0.3) is 0 Å². The summed E-state index contributed by atoms with van der Waals surface area (Å²) in [4.78, 5) is 11.4. The lowest BCUT2D eigenvalue weighted by Crippen LogP contribution is -2.35. The summed E-state index contributed by atoms with van der Waals surface area (Å²) in [6.07, 6.45) is 1.17. The highest BCUT2D eigenvalue weighted by molar-refractivity contribution is 5.76. The zero-order valence-corrected chi connectivity index (χ0v) is 11.9. The minimum absolute atomic E-state index is 0.0139. The largest absolute Gasteiger partial charge is 0.488 e. The average molecular weight is 280 g/mol. The van der Waals surface area contributed by atoms with Crippen molar-refractivity contribution < 1.29 is 13.9 Å². The Bertz CT molecular complexity index is 477. The Morgan fingerprint density at radius 2 is 2.30 bits per heavy atom. The van der Waals surface area contributed by atoms with Crippen molar-refractivity contribution in [2.45, 2.75) is 38.8 Å². The van der Waals surface area contributed by atoms with E-state index in [1.165, 1.54) is 12.1 Å². The maximum absolute atomic E-state index is 13.1. The van der Waals surface area contributed by atoms with Crippen LogP contribution in [0.5, 0.6) is 5.75 Å². The first-order valence-electron chi connectivity index (χ1n) is 7.00. The maximum Gasteiger partial charge on any atom is 0.221 e. The molecule has 0 fully saturated rings. The van der Waals surface area contributed by atoms with Crippen LogP contribution >= 0.6 is 0 Å². The number of carbonyl (C=O) groups is 1. The fraction of sp³-hybridized carbons (Fsp3) is 0.533. The van der Waals surface area contributed by atoms with Gasteiger partial charge in [0.15, 0.2) is 0 Å². The predicted octanol–water partition coefficient (Wildman–Crippen LogP) is 1.63. The highest BCUT2D eigenvalue weighted by Crippen LogP contribution is 2.28. The van der Waals surface area contributed by atoms with E-state index in [2.05, 4.69) is 10.6 Å². The van der Waals surface area contributed by atoms with Crippen LogP contribution in [0.2, 0.25) is 0 Å². The third-order valence-corrected chi connectivity index (χ3v) is 3.11. The molecule has 2 rings (SSSR count). The van der Waals surface area contributed by atoms with E-state index in [-0.39, 0.29) is 23.9 Å². The van der Waals surface area contributed by atoms with Gasteiger partial charge < -0.3 is 15.4 Å². The Labute approximate surface area is 118 Å². The summed E-state index contributed by atoms with van der Waals surface area (Å²) in [7, 11) is 0. The Balaban J connectivity index is 1.66. The van der Waals surface area contributed by atoms with Gasteiger partial charge in [-0.25, -0.2) is 4.39 Å². The van der Waals surface area contributed by atoms with Gasteiger partial charge in [-0.2, -0.15) is 0 Å². The molecule has 1 aliphatic heterocycles. The van der Waals surface area contributed by atoms with Crippen molar-refractivity contribution in [2.75, 3.05) is 13.1 Å². The highest BCUT2D eigenvalue weighted by Gasteiger charge is 2.22. The van der Waals surface area contributed by atoms with E-state index in [0.717, 1.165) is 11.3 Å². The van der Waals surface area contributed by atoms with Gasteiger partial charge in [-0.3, -0.25) is 4.79 Å². The van der Waals surface area contributed by atoms with Crippen LogP contribution in [0.15, 0.2) is 18.2 Å². The Morgan fingerprint density at radius 1 is 1.50 bits per heavy atom. The number of halogens is 1. The summed E-state index contributed by atoms with van der Waals surface area (Å²) in [6.45, 7) is 5.15. The number of amides is 1. The SMILES string of the molecule is CC(C)NC(=O)CCNCC1Cc2cc(F)ccc2O1. The van der Waals surface area contributed by atoms with Gasteiger partial charge in [0.1, 0.15) is 17.7 Å². The zero-order chi connectivity index (χ0) is 14.5. The van der Waals surface area contributed by atoms with Gasteiger partial charge in [0.2, 0.25) is 5.91 Å². The van der Waals surface area contributed by atoms with Crippen LogP contribution in [0.1, 0.15) is 25.8 Å². The standard InChI is InChI=1S/C15H21FN2O2/c1-10(2)18-15(19)5-6-17-9-13-8-11-7-12(16)3-4-14(11)20-13/h3-4,7,10,13,17H,5-6,8-9H2,1-2H3,(H,18,19). The van der Waals surface area contributed by atoms with Crippen molar-refractivity contribution in [3.63, 3.8) is 0 Å². The smallest absolute Gasteiger partial charge is 0.221 e. The van der Waals surface area contributed by atoms with Gasteiger partial charge in [0.25, 0.3) is 0 Å². The lowest BCUT2D eigenvalue weighted by Gasteiger charge is -2.12. The van der Waals surface area contributed by atoms with Crippen molar-refractivity contribution in [1.82, 2.24) is 10.6 Å². The van der Waals surface area contributed by atoms with Gasteiger partial charge in [-0.05, 0) is 32.0 Å². The molecule has 1 aliphatic rings. The molecule has 1 amide bonds. The number of benzene rings is 1. The second-order valence-electron chi connectivity index (χ2n) is 5.37. The summed E-state index contributed by atoms with van der Waals surface area (Å²) in [5.41, 5.74) is 0.911. The van der Waals surface area contributed by atoms with E-state index in [0.29, 0.717) is 25.9 Å². The first-order chi connectivity index (χ1) is 9.54. The zero-order valence-electron chi connectivity index (χ0n) is 11.9. The van der Waals surface area contributed by atoms with Crippen LogP contribution in [-0.4, -0.2) is 31.1 Å². The summed E-state index contributed by atoms with van der Waals surface area (Å²) in [6, 6.07) is 4.77. The van der Waals surface area contributed by atoms with Crippen molar-refractivity contribution in [3.8, 4) is 5.75 Å². The fourth-order valence-corrected chi connectivity index (χ4v) is 2.26. The summed E-state index contributed by atoms with van der Waals surface area (Å²) in [5, 5.41) is 6.04. The highest BCUT2D eigenvalue weighted by atomic mass is 19.1. The quantitative estimate of drug-likeness (QED) is 0.779. The number of rotatable bonds is 6. The van der Waals surface area contributed by atoms with Crippen LogP contribution in [0.3, 0.4) is 0 Å². The predicted molar refractivity (Wildman–Crippen MR) is 75.3 cm³/mol. The molecule has 1 heterocycles. The molecule has 4 nitrogen and oxygen atoms in total. The molecule has 0 aromatic heterocycles. The normalized spacial score (nSPS) is 16.9. The third kappa shape index (κ3) is 4.20. The molecular weight excluding hydrogens is 259 g/mol. The second-order valence-corrected chi connectivity index (χ2v) is 5.37. The average Bonchev–Trinajstić information content (AvgIpc) is 2.75. The molecule has 20 heavy (non-hydrogen) atoms. The van der Waals surface area contributed by atoms with Crippen molar-refractivity contribution in [2.24, 2.45) is 0 Å². The van der Waals surface area contributed by atoms with E-state index in [1.807, 2.05) is 13.8 Å². The van der Waals surface area contributed by atoms with E-state index < -0.39 is 0 Å². The molecule has 1 aromatic rings. The van der Waals surface area contributed by atoms with Gasteiger partial charge in [0, 0.05) is 37.5 Å². The molecule has 0 aliphatic carbocycles. The lowest BCUT2D eigenvalue weighted by molar-refractivity contribution is -0.121. The topological polar surface area (TPSA) is 50.4 Å². The summed E-state index contributed by atoms with van der Waals surface area (Å²) in [5.74, 6) is 0.576. The van der Waals surface area contributed by atoms with Gasteiger partial charge in [0.05, 0.1) is 0 Å². The summed E-state index contributed by atoms with van der Waals surface area (Å²) >= 11 is 0. The van der Waals surface area contributed by atoms with E-state index >= 15 is 0 Å². The monoisotopic (exact) mass is 280 g/mol. The fourth-order valence-electron chi connectivity index (χ4n) is 2.26. The first-order valence-corrected chi connectivity index (χ1v) is 7.00. The van der Waals surface area contributed by atoms with Crippen molar-refractivity contribution in [3.05, 3.63) is 29.6 Å². The number of hydrogen-bond acceptors (Lipinski definition) is 3. The minimum atomic E-state index is -0.230. The van der Waals surface area contributed by atoms with Crippen molar-refractivity contribution >= 4 is 5.91 Å². The molecule has 2 N–H and O–H groups in total. The summed E-state index contributed by atoms with van der Waals surface area (Å²) < 4.78 is 18.8. The van der Waals surface area contributed by atoms with Gasteiger partial charge >= 0.3 is 0 Å². The molecule has 0 spiro atoms. The second kappa shape index (κ2) is 6.70.